The van der Waals surface area contributed by atoms with Crippen molar-refractivity contribution in [2.45, 2.75) is 57.2 Å². The number of carbonyl (C=O) groups is 1. The van der Waals surface area contributed by atoms with E-state index in [0.29, 0.717) is 26.2 Å². The number of carbonyl (C=O) groups excluding carboxylic acids is 1. The fourth-order valence-corrected chi connectivity index (χ4v) is 4.65. The van der Waals surface area contributed by atoms with E-state index in [2.05, 4.69) is 53.4 Å². The first kappa shape index (κ1) is 23.4. The molecule has 1 aliphatic heterocycles. The van der Waals surface area contributed by atoms with Crippen molar-refractivity contribution in [1.29, 1.82) is 0 Å². The summed E-state index contributed by atoms with van der Waals surface area (Å²) in [6.07, 6.45) is 3.51. The predicted molar refractivity (Wildman–Crippen MR) is 131 cm³/mol. The SMILES string of the molecule is O=CCC1CCC(OCc2ccccc2)C(COCc2ccccc2)N1Cc1ccccc1. The molecule has 1 heterocycles. The molecule has 0 spiro atoms. The van der Waals surface area contributed by atoms with Gasteiger partial charge in [0.1, 0.15) is 6.29 Å². The largest absolute Gasteiger partial charge is 0.375 e. The maximum Gasteiger partial charge on any atom is 0.121 e. The van der Waals surface area contributed by atoms with E-state index in [9.17, 15) is 4.79 Å². The number of nitrogens with zero attached hydrogens (tertiary/aromatic N) is 1. The van der Waals surface area contributed by atoms with Gasteiger partial charge < -0.3 is 14.3 Å². The number of rotatable bonds is 11. The van der Waals surface area contributed by atoms with E-state index < -0.39 is 0 Å². The molecule has 0 N–H and O–H groups in total. The van der Waals surface area contributed by atoms with Crippen molar-refractivity contribution in [3.63, 3.8) is 0 Å². The third-order valence-corrected chi connectivity index (χ3v) is 6.39. The molecular weight excluding hydrogens is 410 g/mol. The van der Waals surface area contributed by atoms with E-state index in [4.69, 9.17) is 9.47 Å². The van der Waals surface area contributed by atoms with Crippen molar-refractivity contribution in [1.82, 2.24) is 4.90 Å². The monoisotopic (exact) mass is 443 g/mol. The van der Waals surface area contributed by atoms with Crippen LogP contribution in [0.2, 0.25) is 0 Å². The Morgan fingerprint density at radius 3 is 1.94 bits per heavy atom. The highest BCUT2D eigenvalue weighted by molar-refractivity contribution is 5.50. The molecule has 4 nitrogen and oxygen atoms in total. The Balaban J connectivity index is 1.50. The molecule has 0 saturated carbocycles. The zero-order valence-electron chi connectivity index (χ0n) is 19.1. The number of hydrogen-bond acceptors (Lipinski definition) is 4. The molecule has 0 radical (unpaired) electrons. The fourth-order valence-electron chi connectivity index (χ4n) is 4.65. The van der Waals surface area contributed by atoms with Crippen molar-refractivity contribution < 1.29 is 14.3 Å². The Morgan fingerprint density at radius 1 is 0.758 bits per heavy atom. The van der Waals surface area contributed by atoms with Crippen LogP contribution in [-0.4, -0.2) is 36.0 Å². The van der Waals surface area contributed by atoms with Crippen molar-refractivity contribution in [3.05, 3.63) is 108 Å². The van der Waals surface area contributed by atoms with Crippen LogP contribution in [0.25, 0.3) is 0 Å². The minimum Gasteiger partial charge on any atom is -0.375 e. The second-order valence-corrected chi connectivity index (χ2v) is 8.69. The number of ether oxygens (including phenoxy) is 2. The van der Waals surface area contributed by atoms with Crippen LogP contribution >= 0.6 is 0 Å². The van der Waals surface area contributed by atoms with Gasteiger partial charge in [-0.1, -0.05) is 91.0 Å². The zero-order chi connectivity index (χ0) is 22.7. The van der Waals surface area contributed by atoms with Crippen molar-refractivity contribution in [2.24, 2.45) is 0 Å². The normalized spacial score (nSPS) is 21.0. The van der Waals surface area contributed by atoms with E-state index >= 15 is 0 Å². The molecule has 4 rings (SSSR count). The van der Waals surface area contributed by atoms with Crippen molar-refractivity contribution in [3.8, 4) is 0 Å². The molecule has 33 heavy (non-hydrogen) atoms. The zero-order valence-corrected chi connectivity index (χ0v) is 19.1. The second kappa shape index (κ2) is 12.4. The number of aldehydes is 1. The van der Waals surface area contributed by atoms with Gasteiger partial charge in [-0.25, -0.2) is 0 Å². The van der Waals surface area contributed by atoms with Gasteiger partial charge in [-0.05, 0) is 29.5 Å². The van der Waals surface area contributed by atoms with Gasteiger partial charge >= 0.3 is 0 Å². The van der Waals surface area contributed by atoms with Gasteiger partial charge in [0.15, 0.2) is 0 Å². The third kappa shape index (κ3) is 6.84. The summed E-state index contributed by atoms with van der Waals surface area (Å²) in [4.78, 5) is 13.9. The number of likely N-dealkylation sites (tertiary alicyclic amines) is 1. The van der Waals surface area contributed by atoms with Crippen LogP contribution in [0, 0.1) is 0 Å². The molecule has 3 unspecified atom stereocenters. The standard InChI is InChI=1S/C29H33NO3/c31-19-18-27-16-17-29(33-22-26-14-8-3-9-15-26)28(23-32-21-25-12-6-2-7-13-25)30(27)20-24-10-4-1-5-11-24/h1-15,19,27-29H,16-18,20-23H2. The van der Waals surface area contributed by atoms with E-state index in [1.54, 1.807) is 0 Å². The number of piperidine rings is 1. The molecular formula is C29H33NO3. The van der Waals surface area contributed by atoms with Crippen LogP contribution in [0.5, 0.6) is 0 Å². The number of benzene rings is 3. The summed E-state index contributed by atoms with van der Waals surface area (Å²) in [5.74, 6) is 0. The van der Waals surface area contributed by atoms with E-state index in [1.807, 2.05) is 42.5 Å². The molecule has 0 aromatic heterocycles. The van der Waals surface area contributed by atoms with Gasteiger partial charge in [-0.2, -0.15) is 0 Å². The lowest BCUT2D eigenvalue weighted by atomic mass is 9.90. The summed E-state index contributed by atoms with van der Waals surface area (Å²) in [6.45, 7) is 2.50. The fraction of sp³-hybridized carbons (Fsp3) is 0.345. The lowest BCUT2D eigenvalue weighted by molar-refractivity contribution is -0.117. The smallest absolute Gasteiger partial charge is 0.121 e. The highest BCUT2D eigenvalue weighted by Gasteiger charge is 2.38. The Morgan fingerprint density at radius 2 is 1.33 bits per heavy atom. The van der Waals surface area contributed by atoms with Gasteiger partial charge in [0.2, 0.25) is 0 Å². The molecule has 3 aromatic rings. The van der Waals surface area contributed by atoms with Gasteiger partial charge in [0, 0.05) is 19.0 Å². The molecule has 1 saturated heterocycles. The first-order chi connectivity index (χ1) is 16.3. The average molecular weight is 444 g/mol. The Labute approximate surface area is 197 Å². The molecule has 1 fully saturated rings. The van der Waals surface area contributed by atoms with Gasteiger partial charge in [-0.15, -0.1) is 0 Å². The van der Waals surface area contributed by atoms with Gasteiger partial charge in [-0.3, -0.25) is 4.90 Å². The van der Waals surface area contributed by atoms with E-state index in [0.717, 1.165) is 31.2 Å². The molecule has 0 amide bonds. The van der Waals surface area contributed by atoms with E-state index in [1.165, 1.54) is 11.1 Å². The van der Waals surface area contributed by atoms with Crippen molar-refractivity contribution in [2.75, 3.05) is 6.61 Å². The average Bonchev–Trinajstić information content (AvgIpc) is 2.87. The van der Waals surface area contributed by atoms with Crippen LogP contribution in [0.15, 0.2) is 91.0 Å². The van der Waals surface area contributed by atoms with Crippen LogP contribution in [0.4, 0.5) is 0 Å². The summed E-state index contributed by atoms with van der Waals surface area (Å²) in [6, 6.07) is 31.3. The Bertz CT molecular complexity index is 948. The van der Waals surface area contributed by atoms with Gasteiger partial charge in [0.25, 0.3) is 0 Å². The molecule has 172 valence electrons. The van der Waals surface area contributed by atoms with Crippen LogP contribution in [-0.2, 0) is 34.0 Å². The quantitative estimate of drug-likeness (QED) is 0.372. The summed E-state index contributed by atoms with van der Waals surface area (Å²) in [5, 5.41) is 0. The van der Waals surface area contributed by atoms with E-state index in [-0.39, 0.29) is 18.2 Å². The molecule has 3 aromatic carbocycles. The highest BCUT2D eigenvalue weighted by Crippen LogP contribution is 2.30. The topological polar surface area (TPSA) is 38.8 Å². The Hall–Kier alpha value is -2.79. The summed E-state index contributed by atoms with van der Waals surface area (Å²) < 4.78 is 12.7. The lowest BCUT2D eigenvalue weighted by Crippen LogP contribution is -2.55. The third-order valence-electron chi connectivity index (χ3n) is 6.39. The van der Waals surface area contributed by atoms with Crippen molar-refractivity contribution >= 4 is 6.29 Å². The first-order valence-corrected chi connectivity index (χ1v) is 11.8. The maximum absolute atomic E-state index is 11.5. The second-order valence-electron chi connectivity index (χ2n) is 8.69. The summed E-state index contributed by atoms with van der Waals surface area (Å²) in [7, 11) is 0. The maximum atomic E-state index is 11.5. The highest BCUT2D eigenvalue weighted by atomic mass is 16.5. The lowest BCUT2D eigenvalue weighted by Gasteiger charge is -2.46. The minimum atomic E-state index is 0.0487. The predicted octanol–water partition coefficient (Wildman–Crippen LogP) is 5.41. The number of hydrogen-bond donors (Lipinski definition) is 0. The molecule has 0 bridgehead atoms. The van der Waals surface area contributed by atoms with Crippen LogP contribution in [0.1, 0.15) is 36.0 Å². The van der Waals surface area contributed by atoms with Crippen LogP contribution in [0.3, 0.4) is 0 Å². The van der Waals surface area contributed by atoms with Crippen LogP contribution < -0.4 is 0 Å². The van der Waals surface area contributed by atoms with Gasteiger partial charge in [0.05, 0.1) is 32.0 Å². The Kier molecular flexibility index (Phi) is 8.82. The molecule has 0 aliphatic carbocycles. The molecule has 3 atom stereocenters. The first-order valence-electron chi connectivity index (χ1n) is 11.8. The summed E-state index contributed by atoms with van der Waals surface area (Å²) in [5.41, 5.74) is 3.57. The minimum absolute atomic E-state index is 0.0487. The molecule has 1 aliphatic rings. The molecule has 4 heteroatoms. The summed E-state index contributed by atoms with van der Waals surface area (Å²) >= 11 is 0.